The Balaban J connectivity index is 1.46. The normalized spacial score (nSPS) is 14.3. The standard InChI is InChI=1S/C25H30N6O2S/c1-18(2)16-30-24(29-12-14-33-15-13-29)27-28-25(30)34-17-23-26-21-6-4-5-7-22(21)31(23)19-8-10-20(32-3)11-9-19/h4-11,18H,12-17H2,1-3H3. The Bertz CT molecular complexity index is 1240. The van der Waals surface area contributed by atoms with E-state index < -0.39 is 0 Å². The Morgan fingerprint density at radius 3 is 2.53 bits per heavy atom. The second-order valence-electron chi connectivity index (χ2n) is 8.73. The summed E-state index contributed by atoms with van der Waals surface area (Å²) in [5.74, 6) is 3.91. The number of para-hydroxylation sites is 2. The van der Waals surface area contributed by atoms with Gasteiger partial charge in [-0.25, -0.2) is 4.98 Å². The lowest BCUT2D eigenvalue weighted by molar-refractivity contribution is 0.121. The van der Waals surface area contributed by atoms with Crippen LogP contribution in [0.15, 0.2) is 53.7 Å². The number of benzene rings is 2. The number of imidazole rings is 1. The van der Waals surface area contributed by atoms with Crippen molar-refractivity contribution in [2.24, 2.45) is 5.92 Å². The average molecular weight is 479 g/mol. The van der Waals surface area contributed by atoms with Gasteiger partial charge in [0.2, 0.25) is 5.95 Å². The first-order valence-electron chi connectivity index (χ1n) is 11.6. The van der Waals surface area contributed by atoms with Gasteiger partial charge in [-0.2, -0.15) is 0 Å². The molecule has 1 fully saturated rings. The smallest absolute Gasteiger partial charge is 0.228 e. The van der Waals surface area contributed by atoms with E-state index in [-0.39, 0.29) is 0 Å². The highest BCUT2D eigenvalue weighted by Crippen LogP contribution is 2.30. The number of fused-ring (bicyclic) bond motifs is 1. The average Bonchev–Trinajstić information content (AvgIpc) is 3.43. The van der Waals surface area contributed by atoms with Crippen LogP contribution in [0.4, 0.5) is 5.95 Å². The van der Waals surface area contributed by atoms with E-state index in [9.17, 15) is 0 Å². The minimum absolute atomic E-state index is 0.485. The molecule has 8 nitrogen and oxygen atoms in total. The SMILES string of the molecule is COc1ccc(-n2c(CSc3nnc(N4CCOCC4)n3CC(C)C)nc3ccccc32)cc1. The lowest BCUT2D eigenvalue weighted by atomic mass is 10.2. The van der Waals surface area contributed by atoms with Gasteiger partial charge in [0.25, 0.3) is 0 Å². The zero-order chi connectivity index (χ0) is 23.5. The highest BCUT2D eigenvalue weighted by atomic mass is 32.2. The van der Waals surface area contributed by atoms with E-state index in [1.54, 1.807) is 18.9 Å². The number of anilines is 1. The van der Waals surface area contributed by atoms with Gasteiger partial charge in [-0.1, -0.05) is 37.7 Å². The van der Waals surface area contributed by atoms with Crippen molar-refractivity contribution >= 4 is 28.7 Å². The van der Waals surface area contributed by atoms with Crippen molar-refractivity contribution in [1.82, 2.24) is 24.3 Å². The van der Waals surface area contributed by atoms with Crippen molar-refractivity contribution in [3.63, 3.8) is 0 Å². The quantitative estimate of drug-likeness (QED) is 0.347. The second kappa shape index (κ2) is 10.1. The Labute approximate surface area is 203 Å². The Hall–Kier alpha value is -3.04. The summed E-state index contributed by atoms with van der Waals surface area (Å²) >= 11 is 1.68. The van der Waals surface area contributed by atoms with Crippen molar-refractivity contribution in [2.45, 2.75) is 31.3 Å². The molecule has 0 bridgehead atoms. The number of rotatable bonds is 8. The van der Waals surface area contributed by atoms with E-state index in [0.29, 0.717) is 11.7 Å². The Morgan fingerprint density at radius 1 is 1.03 bits per heavy atom. The summed E-state index contributed by atoms with van der Waals surface area (Å²) in [5.41, 5.74) is 3.12. The number of morpholine rings is 1. The lowest BCUT2D eigenvalue weighted by Gasteiger charge is -2.28. The van der Waals surface area contributed by atoms with E-state index >= 15 is 0 Å². The molecule has 0 atom stereocenters. The molecule has 0 spiro atoms. The summed E-state index contributed by atoms with van der Waals surface area (Å²) in [4.78, 5) is 7.23. The van der Waals surface area contributed by atoms with Gasteiger partial charge in [0.1, 0.15) is 11.6 Å². The summed E-state index contributed by atoms with van der Waals surface area (Å²) < 4.78 is 15.3. The molecule has 0 N–H and O–H groups in total. The van der Waals surface area contributed by atoms with Gasteiger partial charge in [0.15, 0.2) is 5.16 Å². The van der Waals surface area contributed by atoms with Crippen molar-refractivity contribution < 1.29 is 9.47 Å². The first kappa shape index (κ1) is 22.7. The lowest BCUT2D eigenvalue weighted by Crippen LogP contribution is -2.38. The van der Waals surface area contributed by atoms with E-state index in [1.165, 1.54) is 0 Å². The first-order valence-corrected chi connectivity index (χ1v) is 12.6. The minimum atomic E-state index is 0.485. The largest absolute Gasteiger partial charge is 0.497 e. The van der Waals surface area contributed by atoms with Gasteiger partial charge in [-0.15, -0.1) is 10.2 Å². The maximum Gasteiger partial charge on any atom is 0.228 e. The van der Waals surface area contributed by atoms with E-state index in [4.69, 9.17) is 14.5 Å². The first-order chi connectivity index (χ1) is 16.6. The second-order valence-corrected chi connectivity index (χ2v) is 9.67. The van der Waals surface area contributed by atoms with E-state index in [2.05, 4.69) is 68.4 Å². The molecular weight excluding hydrogens is 448 g/mol. The topological polar surface area (TPSA) is 70.2 Å². The van der Waals surface area contributed by atoms with Crippen molar-refractivity contribution in [1.29, 1.82) is 0 Å². The van der Waals surface area contributed by atoms with Crippen molar-refractivity contribution in [3.8, 4) is 11.4 Å². The van der Waals surface area contributed by atoms with Gasteiger partial charge < -0.3 is 14.4 Å². The molecule has 0 amide bonds. The summed E-state index contributed by atoms with van der Waals surface area (Å²) in [6.45, 7) is 8.45. The number of hydrogen-bond acceptors (Lipinski definition) is 7. The zero-order valence-corrected chi connectivity index (χ0v) is 20.7. The molecule has 0 unspecified atom stereocenters. The summed E-state index contributed by atoms with van der Waals surface area (Å²) in [6.07, 6.45) is 0. The van der Waals surface area contributed by atoms with Crippen LogP contribution >= 0.6 is 11.8 Å². The summed E-state index contributed by atoms with van der Waals surface area (Å²) in [6, 6.07) is 16.3. The molecule has 9 heteroatoms. The fourth-order valence-corrected chi connectivity index (χ4v) is 5.09. The van der Waals surface area contributed by atoms with Crippen LogP contribution in [0, 0.1) is 5.92 Å². The van der Waals surface area contributed by atoms with Crippen LogP contribution in [0.25, 0.3) is 16.7 Å². The number of methoxy groups -OCH3 is 1. The van der Waals surface area contributed by atoms with Gasteiger partial charge in [0.05, 0.1) is 37.1 Å². The number of ether oxygens (including phenoxy) is 2. The third kappa shape index (κ3) is 4.63. The van der Waals surface area contributed by atoms with E-state index in [0.717, 1.165) is 72.2 Å². The minimum Gasteiger partial charge on any atom is -0.497 e. The third-order valence-electron chi connectivity index (χ3n) is 5.83. The fraction of sp³-hybridized carbons (Fsp3) is 0.400. The molecule has 0 saturated carbocycles. The molecule has 5 rings (SSSR count). The van der Waals surface area contributed by atoms with Crippen LogP contribution in [0.2, 0.25) is 0 Å². The molecule has 178 valence electrons. The monoisotopic (exact) mass is 478 g/mol. The Morgan fingerprint density at radius 2 is 1.79 bits per heavy atom. The maximum atomic E-state index is 5.53. The van der Waals surface area contributed by atoms with Crippen LogP contribution in [0.1, 0.15) is 19.7 Å². The molecule has 3 heterocycles. The van der Waals surface area contributed by atoms with E-state index in [1.807, 2.05) is 18.2 Å². The van der Waals surface area contributed by atoms with Crippen LogP contribution in [-0.4, -0.2) is 57.7 Å². The van der Waals surface area contributed by atoms with Gasteiger partial charge in [-0.3, -0.25) is 9.13 Å². The molecule has 0 radical (unpaired) electrons. The molecule has 2 aromatic carbocycles. The molecule has 2 aromatic heterocycles. The number of aromatic nitrogens is 5. The molecule has 34 heavy (non-hydrogen) atoms. The number of hydrogen-bond donors (Lipinski definition) is 0. The molecule has 1 aliphatic rings. The van der Waals surface area contributed by atoms with Crippen LogP contribution in [0.3, 0.4) is 0 Å². The fourth-order valence-electron chi connectivity index (χ4n) is 4.23. The Kier molecular flexibility index (Phi) is 6.73. The van der Waals surface area contributed by atoms with Crippen LogP contribution in [-0.2, 0) is 17.0 Å². The highest BCUT2D eigenvalue weighted by Gasteiger charge is 2.22. The van der Waals surface area contributed by atoms with Crippen molar-refractivity contribution in [2.75, 3.05) is 38.3 Å². The molecular formula is C25H30N6O2S. The molecule has 1 aliphatic heterocycles. The molecule has 0 aliphatic carbocycles. The van der Waals surface area contributed by atoms with Crippen LogP contribution in [0.5, 0.6) is 5.75 Å². The molecule has 4 aromatic rings. The van der Waals surface area contributed by atoms with Crippen LogP contribution < -0.4 is 9.64 Å². The zero-order valence-electron chi connectivity index (χ0n) is 19.8. The van der Waals surface area contributed by atoms with Gasteiger partial charge in [0, 0.05) is 25.3 Å². The predicted octanol–water partition coefficient (Wildman–Crippen LogP) is 4.41. The molecule has 1 saturated heterocycles. The summed E-state index contributed by atoms with van der Waals surface area (Å²) in [7, 11) is 1.68. The van der Waals surface area contributed by atoms with Crippen molar-refractivity contribution in [3.05, 3.63) is 54.4 Å². The third-order valence-corrected chi connectivity index (χ3v) is 6.79. The predicted molar refractivity (Wildman–Crippen MR) is 135 cm³/mol. The number of thioether (sulfide) groups is 1. The maximum absolute atomic E-state index is 5.53. The van der Waals surface area contributed by atoms with Gasteiger partial charge >= 0.3 is 0 Å². The number of nitrogens with zero attached hydrogens (tertiary/aromatic N) is 6. The highest BCUT2D eigenvalue weighted by molar-refractivity contribution is 7.98. The van der Waals surface area contributed by atoms with Gasteiger partial charge in [-0.05, 0) is 42.3 Å². The summed E-state index contributed by atoms with van der Waals surface area (Å²) in [5, 5.41) is 10.1.